The van der Waals surface area contributed by atoms with Crippen LogP contribution in [0.15, 0.2) is 46.9 Å². The van der Waals surface area contributed by atoms with Crippen LogP contribution in [0.3, 0.4) is 0 Å². The summed E-state index contributed by atoms with van der Waals surface area (Å²) in [6, 6.07) is 15.1. The largest absolute Gasteiger partial charge is 0.444 e. The molecule has 2 aliphatic rings. The smallest absolute Gasteiger partial charge is 0.410 e. The third-order valence-electron chi connectivity index (χ3n) is 7.04. The van der Waals surface area contributed by atoms with Crippen LogP contribution in [0.1, 0.15) is 64.0 Å². The molecule has 1 spiro atoms. The van der Waals surface area contributed by atoms with Crippen LogP contribution in [0.4, 0.5) is 4.79 Å². The molecule has 6 heteroatoms. The van der Waals surface area contributed by atoms with E-state index in [-0.39, 0.29) is 6.09 Å². The van der Waals surface area contributed by atoms with Crippen LogP contribution in [0.2, 0.25) is 0 Å². The van der Waals surface area contributed by atoms with Crippen LogP contribution in [0, 0.1) is 6.92 Å². The lowest BCUT2D eigenvalue weighted by Gasteiger charge is -2.35. The van der Waals surface area contributed by atoms with E-state index < -0.39 is 16.8 Å². The number of carbonyl (C=O) groups is 1. The zero-order chi connectivity index (χ0) is 25.3. The van der Waals surface area contributed by atoms with E-state index >= 15 is 0 Å². The van der Waals surface area contributed by atoms with Crippen LogP contribution in [0.5, 0.6) is 0 Å². The van der Waals surface area contributed by atoms with Gasteiger partial charge in [0.25, 0.3) is 0 Å². The molecule has 0 N–H and O–H groups in total. The van der Waals surface area contributed by atoms with Crippen LogP contribution in [-0.2, 0) is 19.8 Å². The predicted octanol–water partition coefficient (Wildman–Crippen LogP) is 7.24. The van der Waals surface area contributed by atoms with Crippen LogP contribution in [0.25, 0.3) is 11.1 Å². The highest BCUT2D eigenvalue weighted by Crippen LogP contribution is 2.64. The first-order chi connectivity index (χ1) is 16.6. The first-order valence-electron chi connectivity index (χ1n) is 12.6. The molecule has 35 heavy (non-hydrogen) atoms. The second-order valence-corrected chi connectivity index (χ2v) is 11.9. The highest BCUT2D eigenvalue weighted by atomic mass is 79.9. The quantitative estimate of drug-likeness (QED) is 0.273. The molecule has 2 saturated heterocycles. The van der Waals surface area contributed by atoms with E-state index in [9.17, 15) is 4.79 Å². The van der Waals surface area contributed by atoms with E-state index in [0.717, 1.165) is 43.2 Å². The first kappa shape index (κ1) is 26.2. The number of aryl methyl sites for hydroxylation is 1. The first-order valence-corrected chi connectivity index (χ1v) is 13.4. The van der Waals surface area contributed by atoms with Crippen molar-refractivity contribution in [2.75, 3.05) is 26.8 Å². The number of benzene rings is 2. The average Bonchev–Trinajstić information content (AvgIpc) is 3.41. The lowest BCUT2D eigenvalue weighted by Crippen LogP contribution is -2.48. The summed E-state index contributed by atoms with van der Waals surface area (Å²) in [5.74, 6) is 0. The highest BCUT2D eigenvalue weighted by Gasteiger charge is 2.71. The molecule has 1 amide bonds. The van der Waals surface area contributed by atoms with Gasteiger partial charge >= 0.3 is 6.09 Å². The Kier molecular flexibility index (Phi) is 7.65. The fourth-order valence-electron chi connectivity index (χ4n) is 5.48. The fraction of sp³-hybridized carbons (Fsp3) is 0.552. The average molecular weight is 545 g/mol. The van der Waals surface area contributed by atoms with Crippen LogP contribution in [-0.4, -0.2) is 49.0 Å². The van der Waals surface area contributed by atoms with Crippen molar-refractivity contribution in [2.45, 2.75) is 76.6 Å². The minimum absolute atomic E-state index is 0.255. The van der Waals surface area contributed by atoms with Gasteiger partial charge in [0.1, 0.15) is 16.8 Å². The van der Waals surface area contributed by atoms with Crippen molar-refractivity contribution in [3.05, 3.63) is 58.1 Å². The molecule has 0 saturated carbocycles. The van der Waals surface area contributed by atoms with E-state index in [1.54, 1.807) is 7.11 Å². The molecule has 2 aliphatic heterocycles. The molecule has 0 unspecified atom stereocenters. The van der Waals surface area contributed by atoms with Crippen molar-refractivity contribution in [3.8, 4) is 11.1 Å². The van der Waals surface area contributed by atoms with E-state index in [4.69, 9.17) is 14.2 Å². The fourth-order valence-corrected chi connectivity index (χ4v) is 5.84. The second-order valence-electron chi connectivity index (χ2n) is 10.9. The van der Waals surface area contributed by atoms with Crippen molar-refractivity contribution < 1.29 is 19.0 Å². The van der Waals surface area contributed by atoms with Gasteiger partial charge in [-0.2, -0.15) is 0 Å². The van der Waals surface area contributed by atoms with Gasteiger partial charge in [-0.05, 0) is 88.6 Å². The van der Waals surface area contributed by atoms with Crippen molar-refractivity contribution in [3.63, 3.8) is 0 Å². The minimum Gasteiger partial charge on any atom is -0.444 e. The lowest BCUT2D eigenvalue weighted by molar-refractivity contribution is 0.0134. The standard InChI is InChI=1S/C29H38BrNO4/c1-21-10-8-11-22(18-21)24-19-23(30)12-13-25(24)29(15-6-7-17-33-5)28(35-29)14-9-16-31(20-28)26(32)34-27(2,3)4/h8,10-13,18-19H,6-7,9,14-17,20H2,1-5H3/t28-,29-/m1/s1. The number of ether oxygens (including phenoxy) is 3. The van der Waals surface area contributed by atoms with Crippen LogP contribution < -0.4 is 0 Å². The number of likely N-dealkylation sites (tertiary alicyclic amines) is 1. The Morgan fingerprint density at radius 1 is 1.17 bits per heavy atom. The number of halogens is 1. The molecule has 0 aromatic heterocycles. The van der Waals surface area contributed by atoms with Crippen molar-refractivity contribution >= 4 is 22.0 Å². The number of carbonyl (C=O) groups excluding carboxylic acids is 1. The monoisotopic (exact) mass is 543 g/mol. The molecule has 0 radical (unpaired) electrons. The number of epoxide rings is 1. The van der Waals surface area contributed by atoms with E-state index in [1.807, 2.05) is 25.7 Å². The number of nitrogens with zero attached hydrogens (tertiary/aromatic N) is 1. The Labute approximate surface area is 218 Å². The summed E-state index contributed by atoms with van der Waals surface area (Å²) in [4.78, 5) is 14.8. The third-order valence-corrected chi connectivity index (χ3v) is 7.54. The summed E-state index contributed by atoms with van der Waals surface area (Å²) < 4.78 is 18.9. The number of rotatable bonds is 7. The maximum atomic E-state index is 13.0. The number of hydrogen-bond donors (Lipinski definition) is 0. The van der Waals surface area contributed by atoms with Gasteiger partial charge in [-0.15, -0.1) is 0 Å². The van der Waals surface area contributed by atoms with Gasteiger partial charge in [0, 0.05) is 24.7 Å². The van der Waals surface area contributed by atoms with Crippen molar-refractivity contribution in [1.82, 2.24) is 4.90 Å². The summed E-state index contributed by atoms with van der Waals surface area (Å²) in [5.41, 5.74) is 3.43. The lowest BCUT2D eigenvalue weighted by atomic mass is 9.76. The number of amides is 1. The molecule has 0 bridgehead atoms. The Bertz CT molecular complexity index is 1060. The summed E-state index contributed by atoms with van der Waals surface area (Å²) in [7, 11) is 1.75. The SMILES string of the molecule is COCCCC[C@]1(c2ccc(Br)cc2-c2cccc(C)c2)O[C@@]12CCCN(C(=O)OC(C)(C)C)C2. The summed E-state index contributed by atoms with van der Waals surface area (Å²) in [6.07, 6.45) is 4.43. The minimum atomic E-state index is -0.520. The third kappa shape index (κ3) is 5.60. The Morgan fingerprint density at radius 3 is 2.69 bits per heavy atom. The molecule has 4 rings (SSSR count). The number of hydrogen-bond acceptors (Lipinski definition) is 4. The zero-order valence-electron chi connectivity index (χ0n) is 21.7. The highest BCUT2D eigenvalue weighted by molar-refractivity contribution is 9.10. The normalized spacial score (nSPS) is 24.0. The van der Waals surface area contributed by atoms with Gasteiger partial charge in [-0.25, -0.2) is 4.79 Å². The molecule has 190 valence electrons. The summed E-state index contributed by atoms with van der Waals surface area (Å²) >= 11 is 3.69. The molecule has 0 aliphatic carbocycles. The summed E-state index contributed by atoms with van der Waals surface area (Å²) in [6.45, 7) is 9.84. The molecule has 5 nitrogen and oxygen atoms in total. The number of piperidine rings is 1. The molecule has 2 aromatic carbocycles. The zero-order valence-corrected chi connectivity index (χ0v) is 23.2. The van der Waals surface area contributed by atoms with Gasteiger partial charge in [-0.1, -0.05) is 51.8 Å². The van der Waals surface area contributed by atoms with Crippen molar-refractivity contribution in [1.29, 1.82) is 0 Å². The Morgan fingerprint density at radius 2 is 1.97 bits per heavy atom. The van der Waals surface area contributed by atoms with E-state index in [0.29, 0.717) is 13.1 Å². The van der Waals surface area contributed by atoms with Gasteiger partial charge in [-0.3, -0.25) is 0 Å². The molecule has 2 fully saturated rings. The number of unbranched alkanes of at least 4 members (excludes halogenated alkanes) is 1. The molecule has 2 heterocycles. The molecular formula is C29H38BrNO4. The topological polar surface area (TPSA) is 51.3 Å². The van der Waals surface area contributed by atoms with Gasteiger partial charge in [0.05, 0.1) is 6.54 Å². The molecule has 2 aromatic rings. The molecule has 2 atom stereocenters. The predicted molar refractivity (Wildman–Crippen MR) is 143 cm³/mol. The van der Waals surface area contributed by atoms with E-state index in [2.05, 4.69) is 65.3 Å². The summed E-state index contributed by atoms with van der Waals surface area (Å²) in [5, 5.41) is 0. The second kappa shape index (κ2) is 10.2. The number of methoxy groups -OCH3 is 1. The Hall–Kier alpha value is -1.89. The Balaban J connectivity index is 1.71. The van der Waals surface area contributed by atoms with Crippen LogP contribution >= 0.6 is 15.9 Å². The molecular weight excluding hydrogens is 506 g/mol. The van der Waals surface area contributed by atoms with Gasteiger partial charge in [0.2, 0.25) is 0 Å². The van der Waals surface area contributed by atoms with Gasteiger partial charge < -0.3 is 19.1 Å². The maximum absolute atomic E-state index is 13.0. The van der Waals surface area contributed by atoms with Gasteiger partial charge in [0.15, 0.2) is 0 Å². The van der Waals surface area contributed by atoms with Crippen molar-refractivity contribution in [2.24, 2.45) is 0 Å². The maximum Gasteiger partial charge on any atom is 0.410 e. The van der Waals surface area contributed by atoms with E-state index in [1.165, 1.54) is 22.3 Å².